The SMILES string of the molecule is CCOc1ccc(OC(C)C(=O)NNC(=O)c2ccc(OCc3cscn3)c(OC)c2)cc1. The van der Waals surface area contributed by atoms with E-state index in [4.69, 9.17) is 18.9 Å². The average molecular weight is 472 g/mol. The molecular formula is C23H25N3O6S. The second-order valence-corrected chi connectivity index (χ2v) is 7.46. The summed E-state index contributed by atoms with van der Waals surface area (Å²) in [6.07, 6.45) is -0.834. The zero-order chi connectivity index (χ0) is 23.6. The molecular weight excluding hydrogens is 446 g/mol. The van der Waals surface area contributed by atoms with Crippen LogP contribution >= 0.6 is 11.3 Å². The number of hydrogen-bond acceptors (Lipinski definition) is 8. The molecule has 1 heterocycles. The Balaban J connectivity index is 1.51. The first kappa shape index (κ1) is 23.9. The Hall–Kier alpha value is -3.79. The molecule has 0 bridgehead atoms. The largest absolute Gasteiger partial charge is 0.494 e. The quantitative estimate of drug-likeness (QED) is 0.437. The number of nitrogens with one attached hydrogen (secondary N) is 2. The first-order chi connectivity index (χ1) is 16.0. The van der Waals surface area contributed by atoms with Crippen LogP contribution in [0.5, 0.6) is 23.0 Å². The van der Waals surface area contributed by atoms with Gasteiger partial charge in [-0.1, -0.05) is 0 Å². The molecule has 1 aromatic heterocycles. The second-order valence-electron chi connectivity index (χ2n) is 6.74. The molecule has 0 radical (unpaired) electrons. The van der Waals surface area contributed by atoms with Gasteiger partial charge >= 0.3 is 0 Å². The Morgan fingerprint density at radius 2 is 1.79 bits per heavy atom. The molecule has 0 aliphatic rings. The number of aromatic nitrogens is 1. The van der Waals surface area contributed by atoms with Crippen LogP contribution in [0.15, 0.2) is 53.4 Å². The summed E-state index contributed by atoms with van der Waals surface area (Å²) in [5, 5.41) is 1.89. The molecule has 0 aliphatic heterocycles. The van der Waals surface area contributed by atoms with Gasteiger partial charge in [-0.25, -0.2) is 4.98 Å². The maximum absolute atomic E-state index is 12.5. The van der Waals surface area contributed by atoms with E-state index >= 15 is 0 Å². The van der Waals surface area contributed by atoms with Gasteiger partial charge in [0, 0.05) is 10.9 Å². The lowest BCUT2D eigenvalue weighted by molar-refractivity contribution is -0.128. The maximum Gasteiger partial charge on any atom is 0.279 e. The molecule has 2 N–H and O–H groups in total. The summed E-state index contributed by atoms with van der Waals surface area (Å²) in [7, 11) is 1.48. The molecule has 2 amide bonds. The smallest absolute Gasteiger partial charge is 0.279 e. The molecule has 33 heavy (non-hydrogen) atoms. The van der Waals surface area contributed by atoms with E-state index < -0.39 is 17.9 Å². The number of hydrazine groups is 1. The van der Waals surface area contributed by atoms with E-state index in [-0.39, 0.29) is 12.2 Å². The summed E-state index contributed by atoms with van der Waals surface area (Å²) in [6, 6.07) is 11.6. The lowest BCUT2D eigenvalue weighted by Gasteiger charge is -2.16. The summed E-state index contributed by atoms with van der Waals surface area (Å²) < 4.78 is 22.0. The Kier molecular flexibility index (Phi) is 8.48. The number of amides is 2. The number of nitrogens with zero attached hydrogens (tertiary/aromatic N) is 1. The van der Waals surface area contributed by atoms with E-state index in [0.29, 0.717) is 29.6 Å². The lowest BCUT2D eigenvalue weighted by Crippen LogP contribution is -2.47. The van der Waals surface area contributed by atoms with Crippen LogP contribution in [-0.4, -0.2) is 36.6 Å². The summed E-state index contributed by atoms with van der Waals surface area (Å²) in [5.74, 6) is 1.06. The number of methoxy groups -OCH3 is 1. The monoisotopic (exact) mass is 471 g/mol. The fourth-order valence-corrected chi connectivity index (χ4v) is 3.26. The topological polar surface area (TPSA) is 108 Å². The number of carbonyl (C=O) groups is 2. The van der Waals surface area contributed by atoms with Gasteiger partial charge in [0.2, 0.25) is 0 Å². The highest BCUT2D eigenvalue weighted by molar-refractivity contribution is 7.07. The van der Waals surface area contributed by atoms with Crippen LogP contribution < -0.4 is 29.8 Å². The van der Waals surface area contributed by atoms with Crippen molar-refractivity contribution in [2.24, 2.45) is 0 Å². The van der Waals surface area contributed by atoms with Crippen LogP contribution in [0, 0.1) is 0 Å². The fraction of sp³-hybridized carbons (Fsp3) is 0.261. The third kappa shape index (κ3) is 6.84. The Labute approximate surface area is 195 Å². The van der Waals surface area contributed by atoms with Gasteiger partial charge < -0.3 is 18.9 Å². The summed E-state index contributed by atoms with van der Waals surface area (Å²) in [4.78, 5) is 28.9. The van der Waals surface area contributed by atoms with Crippen LogP contribution in [0.1, 0.15) is 29.9 Å². The molecule has 1 atom stereocenters. The molecule has 0 saturated heterocycles. The number of benzene rings is 2. The number of carbonyl (C=O) groups excluding carboxylic acids is 2. The van der Waals surface area contributed by atoms with Crippen LogP contribution in [-0.2, 0) is 11.4 Å². The van der Waals surface area contributed by atoms with Crippen molar-refractivity contribution in [1.82, 2.24) is 15.8 Å². The lowest BCUT2D eigenvalue weighted by atomic mass is 10.2. The standard InChI is InChI=1S/C23H25N3O6S/c1-4-30-18-6-8-19(9-7-18)32-15(2)22(27)25-26-23(28)16-5-10-20(21(11-16)29-3)31-12-17-13-33-14-24-17/h5-11,13-15H,4,12H2,1-3H3,(H,25,27)(H,26,28). The van der Waals surface area contributed by atoms with E-state index in [2.05, 4.69) is 15.8 Å². The number of ether oxygens (including phenoxy) is 4. The zero-order valence-electron chi connectivity index (χ0n) is 18.5. The highest BCUT2D eigenvalue weighted by Gasteiger charge is 2.17. The van der Waals surface area contributed by atoms with Gasteiger partial charge in [0.1, 0.15) is 18.1 Å². The van der Waals surface area contributed by atoms with Crippen LogP contribution in [0.3, 0.4) is 0 Å². The maximum atomic E-state index is 12.5. The Morgan fingerprint density at radius 3 is 2.45 bits per heavy atom. The molecule has 9 nitrogen and oxygen atoms in total. The molecule has 3 rings (SSSR count). The number of hydrogen-bond donors (Lipinski definition) is 2. The van der Waals surface area contributed by atoms with Crippen molar-refractivity contribution in [3.63, 3.8) is 0 Å². The van der Waals surface area contributed by atoms with Crippen molar-refractivity contribution in [3.05, 3.63) is 64.6 Å². The first-order valence-electron chi connectivity index (χ1n) is 10.2. The van der Waals surface area contributed by atoms with E-state index in [1.54, 1.807) is 48.8 Å². The van der Waals surface area contributed by atoms with E-state index in [1.165, 1.54) is 24.5 Å². The zero-order valence-corrected chi connectivity index (χ0v) is 19.3. The summed E-state index contributed by atoms with van der Waals surface area (Å²) in [5.41, 5.74) is 7.54. The molecule has 10 heteroatoms. The van der Waals surface area contributed by atoms with Crippen molar-refractivity contribution in [3.8, 4) is 23.0 Å². The molecule has 0 saturated carbocycles. The van der Waals surface area contributed by atoms with Gasteiger partial charge in [-0.15, -0.1) is 11.3 Å². The number of rotatable bonds is 10. The predicted molar refractivity (Wildman–Crippen MR) is 123 cm³/mol. The van der Waals surface area contributed by atoms with Crippen LogP contribution in [0.4, 0.5) is 0 Å². The molecule has 174 valence electrons. The predicted octanol–water partition coefficient (Wildman–Crippen LogP) is 3.36. The van der Waals surface area contributed by atoms with Crippen molar-refractivity contribution in [1.29, 1.82) is 0 Å². The summed E-state index contributed by atoms with van der Waals surface area (Å²) >= 11 is 1.48. The Bertz CT molecular complexity index is 1060. The number of thiazole rings is 1. The van der Waals surface area contributed by atoms with Crippen molar-refractivity contribution in [2.45, 2.75) is 26.6 Å². The molecule has 2 aromatic carbocycles. The Morgan fingerprint density at radius 1 is 1.03 bits per heavy atom. The van der Waals surface area contributed by atoms with Crippen LogP contribution in [0.2, 0.25) is 0 Å². The second kappa shape index (κ2) is 11.7. The highest BCUT2D eigenvalue weighted by atomic mass is 32.1. The first-order valence-corrected chi connectivity index (χ1v) is 11.1. The summed E-state index contributed by atoms with van der Waals surface area (Å²) in [6.45, 7) is 4.32. The average Bonchev–Trinajstić information content (AvgIpc) is 3.36. The molecule has 0 fully saturated rings. The minimum atomic E-state index is -0.834. The fourth-order valence-electron chi connectivity index (χ4n) is 2.72. The molecule has 1 unspecified atom stereocenters. The van der Waals surface area contributed by atoms with Crippen molar-refractivity contribution in [2.75, 3.05) is 13.7 Å². The van der Waals surface area contributed by atoms with Gasteiger partial charge in [-0.3, -0.25) is 20.4 Å². The van der Waals surface area contributed by atoms with Crippen molar-refractivity contribution < 1.29 is 28.5 Å². The third-order valence-electron chi connectivity index (χ3n) is 4.40. The van der Waals surface area contributed by atoms with Gasteiger partial charge in [0.15, 0.2) is 17.6 Å². The minimum Gasteiger partial charge on any atom is -0.494 e. The van der Waals surface area contributed by atoms with E-state index in [0.717, 1.165) is 5.69 Å². The highest BCUT2D eigenvalue weighted by Crippen LogP contribution is 2.28. The van der Waals surface area contributed by atoms with Gasteiger partial charge in [0.05, 0.1) is 24.9 Å². The molecule has 3 aromatic rings. The van der Waals surface area contributed by atoms with Crippen molar-refractivity contribution >= 4 is 23.2 Å². The van der Waals surface area contributed by atoms with E-state index in [1.807, 2.05) is 12.3 Å². The molecule has 0 spiro atoms. The van der Waals surface area contributed by atoms with Crippen LogP contribution in [0.25, 0.3) is 0 Å². The van der Waals surface area contributed by atoms with Gasteiger partial charge in [0.25, 0.3) is 11.8 Å². The van der Waals surface area contributed by atoms with E-state index in [9.17, 15) is 9.59 Å². The van der Waals surface area contributed by atoms with Gasteiger partial charge in [-0.2, -0.15) is 0 Å². The minimum absolute atomic E-state index is 0.285. The normalized spacial score (nSPS) is 11.2. The third-order valence-corrected chi connectivity index (χ3v) is 5.04. The van der Waals surface area contributed by atoms with Gasteiger partial charge in [-0.05, 0) is 56.3 Å². The molecule has 0 aliphatic carbocycles.